The van der Waals surface area contributed by atoms with E-state index in [4.69, 9.17) is 23.8 Å². The number of thioether (sulfide) groups is 1. The Labute approximate surface area is 197 Å². The van der Waals surface area contributed by atoms with Crippen LogP contribution in [0.15, 0.2) is 77.7 Å². The molecule has 0 aliphatic heterocycles. The highest BCUT2D eigenvalue weighted by atomic mass is 35.5. The fourth-order valence-corrected chi connectivity index (χ4v) is 3.77. The zero-order chi connectivity index (χ0) is 23.1. The molecule has 3 N–H and O–H groups in total. The Kier molecular flexibility index (Phi) is 8.00. The van der Waals surface area contributed by atoms with Gasteiger partial charge in [0, 0.05) is 16.3 Å². The number of alkyl halides is 3. The summed E-state index contributed by atoms with van der Waals surface area (Å²) < 4.78 is 38.6. The third-order valence-electron chi connectivity index (χ3n) is 4.06. The molecule has 0 unspecified atom stereocenters. The monoisotopic (exact) mass is 495 g/mol. The maximum absolute atomic E-state index is 12.9. The fourth-order valence-electron chi connectivity index (χ4n) is 2.61. The normalized spacial score (nSPS) is 11.0. The average Bonchev–Trinajstić information content (AvgIpc) is 2.74. The minimum Gasteiger partial charge on any atom is -0.332 e. The topological polar surface area (TPSA) is 53.2 Å². The Balaban J connectivity index is 1.56. The Morgan fingerprint density at radius 3 is 2.31 bits per heavy atom. The van der Waals surface area contributed by atoms with Crippen molar-refractivity contribution in [2.24, 2.45) is 0 Å². The van der Waals surface area contributed by atoms with E-state index in [1.54, 1.807) is 6.07 Å². The second-order valence-corrected chi connectivity index (χ2v) is 8.37. The van der Waals surface area contributed by atoms with Gasteiger partial charge in [0.05, 0.1) is 22.0 Å². The second-order valence-electron chi connectivity index (χ2n) is 6.50. The number of thiocarbonyl (C=S) groups is 1. The molecule has 0 aliphatic rings. The van der Waals surface area contributed by atoms with Crippen molar-refractivity contribution in [2.75, 3.05) is 21.7 Å². The van der Waals surface area contributed by atoms with Crippen LogP contribution in [0.2, 0.25) is 5.02 Å². The predicted octanol–water partition coefficient (Wildman–Crippen LogP) is 6.90. The van der Waals surface area contributed by atoms with Crippen LogP contribution in [-0.4, -0.2) is 16.8 Å². The van der Waals surface area contributed by atoms with Crippen molar-refractivity contribution in [1.82, 2.24) is 0 Å². The van der Waals surface area contributed by atoms with E-state index >= 15 is 0 Å². The van der Waals surface area contributed by atoms with Crippen LogP contribution in [0.4, 0.5) is 30.2 Å². The molecule has 10 heteroatoms. The zero-order valence-corrected chi connectivity index (χ0v) is 18.8. The first kappa shape index (κ1) is 23.9. The molecular weight excluding hydrogens is 479 g/mol. The maximum atomic E-state index is 12.9. The Morgan fingerprint density at radius 2 is 1.59 bits per heavy atom. The third kappa shape index (κ3) is 7.15. The Hall–Kier alpha value is -2.75. The Bertz CT molecular complexity index is 1110. The number of para-hydroxylation sites is 1. The van der Waals surface area contributed by atoms with Gasteiger partial charge >= 0.3 is 6.18 Å². The summed E-state index contributed by atoms with van der Waals surface area (Å²) >= 11 is 12.5. The van der Waals surface area contributed by atoms with Crippen molar-refractivity contribution < 1.29 is 18.0 Å². The van der Waals surface area contributed by atoms with Crippen LogP contribution >= 0.6 is 35.6 Å². The van der Waals surface area contributed by atoms with Crippen LogP contribution in [0.5, 0.6) is 0 Å². The van der Waals surface area contributed by atoms with E-state index in [-0.39, 0.29) is 16.5 Å². The quantitative estimate of drug-likeness (QED) is 0.256. The second kappa shape index (κ2) is 10.7. The predicted molar refractivity (Wildman–Crippen MR) is 129 cm³/mol. The van der Waals surface area contributed by atoms with Gasteiger partial charge in [0.25, 0.3) is 0 Å². The molecule has 1 amide bonds. The summed E-state index contributed by atoms with van der Waals surface area (Å²) in [6, 6.07) is 19.5. The van der Waals surface area contributed by atoms with E-state index in [0.717, 1.165) is 34.5 Å². The van der Waals surface area contributed by atoms with Gasteiger partial charge in [0.1, 0.15) is 0 Å². The molecule has 3 aromatic carbocycles. The van der Waals surface area contributed by atoms with Crippen LogP contribution in [0, 0.1) is 0 Å². The van der Waals surface area contributed by atoms with E-state index in [1.165, 1.54) is 11.8 Å². The minimum absolute atomic E-state index is 0.0112. The van der Waals surface area contributed by atoms with Gasteiger partial charge in [-0.15, -0.1) is 11.8 Å². The molecule has 0 spiro atoms. The maximum Gasteiger partial charge on any atom is 0.416 e. The van der Waals surface area contributed by atoms with Gasteiger partial charge < -0.3 is 16.0 Å². The summed E-state index contributed by atoms with van der Waals surface area (Å²) in [5.74, 6) is -0.487. The lowest BCUT2D eigenvalue weighted by Gasteiger charge is -2.12. The van der Waals surface area contributed by atoms with E-state index in [1.807, 2.05) is 48.5 Å². The minimum atomic E-state index is -4.53. The van der Waals surface area contributed by atoms with Crippen LogP contribution in [0.3, 0.4) is 0 Å². The summed E-state index contributed by atoms with van der Waals surface area (Å²) in [5.41, 5.74) is 0.605. The van der Waals surface area contributed by atoms with Gasteiger partial charge in [0.2, 0.25) is 5.91 Å². The lowest BCUT2D eigenvalue weighted by atomic mass is 10.2. The summed E-state index contributed by atoms with van der Waals surface area (Å²) in [6.07, 6.45) is -4.53. The van der Waals surface area contributed by atoms with Crippen molar-refractivity contribution in [3.8, 4) is 0 Å². The highest BCUT2D eigenvalue weighted by molar-refractivity contribution is 8.00. The molecule has 0 fully saturated rings. The molecule has 166 valence electrons. The standard InChI is InChI=1S/C22H17ClF3N3OS2/c23-18-10-9-14(22(24,25)26)11-19(18)29-20(30)13-32-17-8-4-7-16(12-17)28-21(31)27-15-5-2-1-3-6-15/h1-12H,13H2,(H,29,30)(H2,27,28,31). The number of benzene rings is 3. The summed E-state index contributed by atoms with van der Waals surface area (Å²) in [7, 11) is 0. The molecule has 0 saturated heterocycles. The van der Waals surface area contributed by atoms with Crippen molar-refractivity contribution >= 4 is 63.7 Å². The first-order valence-corrected chi connectivity index (χ1v) is 11.0. The summed E-state index contributed by atoms with van der Waals surface area (Å²) in [5, 5.41) is 9.00. The smallest absolute Gasteiger partial charge is 0.332 e. The molecule has 3 rings (SSSR count). The molecule has 4 nitrogen and oxygen atoms in total. The molecule has 0 atom stereocenters. The molecular formula is C22H17ClF3N3OS2. The van der Waals surface area contributed by atoms with E-state index in [2.05, 4.69) is 16.0 Å². The van der Waals surface area contributed by atoms with Crippen LogP contribution < -0.4 is 16.0 Å². The molecule has 0 aliphatic carbocycles. The molecule has 0 bridgehead atoms. The number of carbonyl (C=O) groups is 1. The molecule has 0 saturated carbocycles. The van der Waals surface area contributed by atoms with E-state index in [0.29, 0.717) is 5.11 Å². The highest BCUT2D eigenvalue weighted by Gasteiger charge is 2.31. The number of rotatable bonds is 6. The molecule has 32 heavy (non-hydrogen) atoms. The van der Waals surface area contributed by atoms with Gasteiger partial charge in [-0.1, -0.05) is 35.9 Å². The number of hydrogen-bond donors (Lipinski definition) is 3. The third-order valence-corrected chi connectivity index (χ3v) is 5.59. The van der Waals surface area contributed by atoms with Gasteiger partial charge in [0.15, 0.2) is 5.11 Å². The average molecular weight is 496 g/mol. The van der Waals surface area contributed by atoms with Crippen molar-refractivity contribution in [3.63, 3.8) is 0 Å². The van der Waals surface area contributed by atoms with Crippen LogP contribution in [0.25, 0.3) is 0 Å². The number of nitrogens with one attached hydrogen (secondary N) is 3. The number of hydrogen-bond acceptors (Lipinski definition) is 3. The van der Waals surface area contributed by atoms with Gasteiger partial charge in [-0.2, -0.15) is 13.2 Å². The van der Waals surface area contributed by atoms with E-state index in [9.17, 15) is 18.0 Å². The van der Waals surface area contributed by atoms with Crippen molar-refractivity contribution in [2.45, 2.75) is 11.1 Å². The number of anilines is 3. The fraction of sp³-hybridized carbons (Fsp3) is 0.0909. The number of halogens is 4. The first-order valence-electron chi connectivity index (χ1n) is 9.23. The molecule has 3 aromatic rings. The van der Waals surface area contributed by atoms with Gasteiger partial charge in [-0.3, -0.25) is 4.79 Å². The van der Waals surface area contributed by atoms with Crippen molar-refractivity contribution in [1.29, 1.82) is 0 Å². The molecule has 0 heterocycles. The summed E-state index contributed by atoms with van der Waals surface area (Å²) in [6.45, 7) is 0. The molecule has 0 radical (unpaired) electrons. The van der Waals surface area contributed by atoms with Crippen LogP contribution in [-0.2, 0) is 11.0 Å². The largest absolute Gasteiger partial charge is 0.416 e. The molecule has 0 aromatic heterocycles. The summed E-state index contributed by atoms with van der Waals surface area (Å²) in [4.78, 5) is 13.0. The number of amides is 1. The lowest BCUT2D eigenvalue weighted by Crippen LogP contribution is -2.19. The lowest BCUT2D eigenvalue weighted by molar-refractivity contribution is -0.137. The van der Waals surface area contributed by atoms with Gasteiger partial charge in [-0.25, -0.2) is 0 Å². The first-order chi connectivity index (χ1) is 15.2. The Morgan fingerprint density at radius 1 is 0.906 bits per heavy atom. The zero-order valence-electron chi connectivity index (χ0n) is 16.4. The van der Waals surface area contributed by atoms with E-state index < -0.39 is 17.6 Å². The van der Waals surface area contributed by atoms with Crippen molar-refractivity contribution in [3.05, 3.63) is 83.4 Å². The van der Waals surface area contributed by atoms with Crippen LogP contribution in [0.1, 0.15) is 5.56 Å². The van der Waals surface area contributed by atoms with Gasteiger partial charge in [-0.05, 0) is 60.7 Å². The number of carbonyl (C=O) groups excluding carboxylic acids is 1. The SMILES string of the molecule is O=C(CSc1cccc(NC(=S)Nc2ccccc2)c1)Nc1cc(C(F)(F)F)ccc1Cl. The highest BCUT2D eigenvalue weighted by Crippen LogP contribution is 2.34.